The summed E-state index contributed by atoms with van der Waals surface area (Å²) in [6, 6.07) is 14.9. The normalized spacial score (nSPS) is 16.5. The Morgan fingerprint density at radius 2 is 1.96 bits per heavy atom. The van der Waals surface area contributed by atoms with Gasteiger partial charge in [-0.25, -0.2) is 0 Å². The zero-order valence-corrected chi connectivity index (χ0v) is 16.5. The van der Waals surface area contributed by atoms with Crippen molar-refractivity contribution in [2.75, 3.05) is 13.7 Å². The molecule has 2 aromatic carbocycles. The predicted molar refractivity (Wildman–Crippen MR) is 100 cm³/mol. The summed E-state index contributed by atoms with van der Waals surface area (Å²) in [5, 5.41) is 0. The number of rotatable bonds is 6. The number of benzene rings is 2. The van der Waals surface area contributed by atoms with Crippen LogP contribution < -0.4 is 4.74 Å². The lowest BCUT2D eigenvalue weighted by atomic mass is 10.2. The largest absolute Gasteiger partial charge is 0.496 e. The van der Waals surface area contributed by atoms with Crippen molar-refractivity contribution in [3.8, 4) is 5.75 Å². The molecule has 8 heteroatoms. The SMILES string of the molecule is COc1ccc(Br)cc1CN1CC=C(OCc2ccccc2)OS1(=O)=O. The van der Waals surface area contributed by atoms with Crippen molar-refractivity contribution in [3.05, 3.63) is 76.2 Å². The molecule has 0 unspecified atom stereocenters. The van der Waals surface area contributed by atoms with Crippen LogP contribution in [0.2, 0.25) is 0 Å². The average Bonchev–Trinajstić information content (AvgIpc) is 2.63. The summed E-state index contributed by atoms with van der Waals surface area (Å²) >= 11 is 3.38. The Hall–Kier alpha value is -2.03. The Labute approximate surface area is 161 Å². The van der Waals surface area contributed by atoms with Gasteiger partial charge < -0.3 is 13.7 Å². The number of hydrogen-bond donors (Lipinski definition) is 0. The highest BCUT2D eigenvalue weighted by molar-refractivity contribution is 9.10. The molecule has 0 atom stereocenters. The van der Waals surface area contributed by atoms with E-state index >= 15 is 0 Å². The van der Waals surface area contributed by atoms with E-state index in [-0.39, 0.29) is 25.6 Å². The molecule has 0 aromatic heterocycles. The van der Waals surface area contributed by atoms with E-state index < -0.39 is 10.3 Å². The summed E-state index contributed by atoms with van der Waals surface area (Å²) in [6.07, 6.45) is 1.61. The van der Waals surface area contributed by atoms with Crippen LogP contribution >= 0.6 is 15.9 Å². The molecule has 1 heterocycles. The minimum atomic E-state index is -3.94. The van der Waals surface area contributed by atoms with Crippen LogP contribution in [-0.4, -0.2) is 26.4 Å². The second kappa shape index (κ2) is 8.11. The zero-order valence-electron chi connectivity index (χ0n) is 14.1. The van der Waals surface area contributed by atoms with Gasteiger partial charge in [0.2, 0.25) is 0 Å². The van der Waals surface area contributed by atoms with Crippen molar-refractivity contribution in [2.24, 2.45) is 0 Å². The summed E-state index contributed by atoms with van der Waals surface area (Å²) in [5.74, 6) is 0.602. The van der Waals surface area contributed by atoms with Gasteiger partial charge in [0.1, 0.15) is 12.4 Å². The fraction of sp³-hybridized carbons (Fsp3) is 0.222. The molecule has 0 radical (unpaired) electrons. The summed E-state index contributed by atoms with van der Waals surface area (Å²) in [7, 11) is -2.40. The molecule has 1 aliphatic heterocycles. The quantitative estimate of drug-likeness (QED) is 0.687. The maximum Gasteiger partial charge on any atom is 0.388 e. The summed E-state index contributed by atoms with van der Waals surface area (Å²) in [5.41, 5.74) is 1.66. The molecule has 0 spiro atoms. The van der Waals surface area contributed by atoms with E-state index in [0.717, 1.165) is 15.6 Å². The van der Waals surface area contributed by atoms with Gasteiger partial charge in [-0.3, -0.25) is 0 Å². The molecule has 0 N–H and O–H groups in total. The van der Waals surface area contributed by atoms with Gasteiger partial charge in [-0.15, -0.1) is 0 Å². The Balaban J connectivity index is 1.70. The summed E-state index contributed by atoms with van der Waals surface area (Å²) < 4.78 is 42.7. The molecule has 2 aromatic rings. The smallest absolute Gasteiger partial charge is 0.388 e. The van der Waals surface area contributed by atoms with Crippen LogP contribution in [-0.2, 0) is 32.4 Å². The second-order valence-corrected chi connectivity index (χ2v) is 8.04. The third-order valence-corrected chi connectivity index (χ3v) is 5.56. The number of hydrogen-bond acceptors (Lipinski definition) is 5. The van der Waals surface area contributed by atoms with Crippen molar-refractivity contribution in [2.45, 2.75) is 13.2 Å². The molecule has 3 rings (SSSR count). The minimum absolute atomic E-state index is 0.00805. The first-order valence-corrected chi connectivity index (χ1v) is 10.0. The number of methoxy groups -OCH3 is 1. The van der Waals surface area contributed by atoms with Gasteiger partial charge in [0, 0.05) is 29.2 Å². The van der Waals surface area contributed by atoms with E-state index in [0.29, 0.717) is 5.75 Å². The highest BCUT2D eigenvalue weighted by atomic mass is 79.9. The third kappa shape index (κ3) is 4.57. The van der Waals surface area contributed by atoms with E-state index in [1.165, 1.54) is 4.31 Å². The van der Waals surface area contributed by atoms with E-state index in [9.17, 15) is 8.42 Å². The van der Waals surface area contributed by atoms with Crippen molar-refractivity contribution in [3.63, 3.8) is 0 Å². The Kier molecular flexibility index (Phi) is 5.85. The second-order valence-electron chi connectivity index (χ2n) is 5.59. The fourth-order valence-electron chi connectivity index (χ4n) is 2.47. The highest BCUT2D eigenvalue weighted by Gasteiger charge is 2.30. The predicted octanol–water partition coefficient (Wildman–Crippen LogP) is 3.59. The molecule has 1 aliphatic rings. The lowest BCUT2D eigenvalue weighted by molar-refractivity contribution is 0.0845. The van der Waals surface area contributed by atoms with Crippen molar-refractivity contribution >= 4 is 26.2 Å². The molecule has 0 aliphatic carbocycles. The monoisotopic (exact) mass is 439 g/mol. The number of ether oxygens (including phenoxy) is 2. The molecule has 6 nitrogen and oxygen atoms in total. The van der Waals surface area contributed by atoms with Crippen LogP contribution in [0.1, 0.15) is 11.1 Å². The lowest BCUT2D eigenvalue weighted by Gasteiger charge is -2.26. The van der Waals surface area contributed by atoms with E-state index in [2.05, 4.69) is 15.9 Å². The third-order valence-electron chi connectivity index (χ3n) is 3.78. The molecule has 26 heavy (non-hydrogen) atoms. The molecule has 0 saturated heterocycles. The van der Waals surface area contributed by atoms with Crippen LogP contribution in [0.15, 0.2) is 65.0 Å². The topological polar surface area (TPSA) is 65.1 Å². The Morgan fingerprint density at radius 1 is 1.19 bits per heavy atom. The molecule has 138 valence electrons. The maximum atomic E-state index is 12.4. The average molecular weight is 440 g/mol. The number of halogens is 1. The van der Waals surface area contributed by atoms with Gasteiger partial charge in [0.05, 0.1) is 7.11 Å². The van der Waals surface area contributed by atoms with Crippen LogP contribution in [0.5, 0.6) is 5.75 Å². The van der Waals surface area contributed by atoms with E-state index in [1.807, 2.05) is 42.5 Å². The molecule has 0 saturated carbocycles. The first kappa shape index (κ1) is 18.8. The van der Waals surface area contributed by atoms with Crippen LogP contribution in [0.3, 0.4) is 0 Å². The van der Waals surface area contributed by atoms with Crippen molar-refractivity contribution in [1.29, 1.82) is 0 Å². The van der Waals surface area contributed by atoms with Gasteiger partial charge in [0.15, 0.2) is 0 Å². The number of nitrogens with zero attached hydrogens (tertiary/aromatic N) is 1. The summed E-state index contributed by atoms with van der Waals surface area (Å²) in [6.45, 7) is 0.525. The standard InChI is InChI=1S/C18H18BrNO5S/c1-23-17-8-7-16(19)11-15(17)12-20-10-9-18(25-26(20,21)22)24-13-14-5-3-2-4-6-14/h2-9,11H,10,12-13H2,1H3. The molecular weight excluding hydrogens is 422 g/mol. The maximum absolute atomic E-state index is 12.4. The van der Waals surface area contributed by atoms with Crippen LogP contribution in [0.25, 0.3) is 0 Å². The van der Waals surface area contributed by atoms with E-state index in [4.69, 9.17) is 13.7 Å². The highest BCUT2D eigenvalue weighted by Crippen LogP contribution is 2.27. The molecular formula is C18H18BrNO5S. The summed E-state index contributed by atoms with van der Waals surface area (Å²) in [4.78, 5) is 0. The van der Waals surface area contributed by atoms with Crippen molar-refractivity contribution in [1.82, 2.24) is 4.31 Å². The first-order valence-electron chi connectivity index (χ1n) is 7.87. The van der Waals surface area contributed by atoms with Crippen molar-refractivity contribution < 1.29 is 22.1 Å². The Morgan fingerprint density at radius 3 is 2.65 bits per heavy atom. The first-order chi connectivity index (χ1) is 12.5. The van der Waals surface area contributed by atoms with Gasteiger partial charge in [-0.2, -0.15) is 12.7 Å². The van der Waals surface area contributed by atoms with Gasteiger partial charge >= 0.3 is 10.3 Å². The van der Waals surface area contributed by atoms with Gasteiger partial charge in [-0.1, -0.05) is 46.3 Å². The Bertz CT molecular complexity index is 899. The fourth-order valence-corrected chi connectivity index (χ4v) is 3.87. The molecule has 0 amide bonds. The zero-order chi connectivity index (χ0) is 18.6. The molecule has 0 fully saturated rings. The lowest BCUT2D eigenvalue weighted by Crippen LogP contribution is -2.36. The van der Waals surface area contributed by atoms with Crippen LogP contribution in [0, 0.1) is 0 Å². The van der Waals surface area contributed by atoms with Gasteiger partial charge in [-0.05, 0) is 23.8 Å². The van der Waals surface area contributed by atoms with Crippen LogP contribution in [0.4, 0.5) is 0 Å². The van der Waals surface area contributed by atoms with Gasteiger partial charge in [0.25, 0.3) is 5.95 Å². The molecule has 0 bridgehead atoms. The van der Waals surface area contributed by atoms with E-state index in [1.54, 1.807) is 19.3 Å². The minimum Gasteiger partial charge on any atom is -0.496 e.